The highest BCUT2D eigenvalue weighted by molar-refractivity contribution is 14.0. The van der Waals surface area contributed by atoms with Gasteiger partial charge in [-0.25, -0.2) is 4.99 Å². The molecule has 0 radical (unpaired) electrons. The fourth-order valence-corrected chi connectivity index (χ4v) is 2.75. The van der Waals surface area contributed by atoms with Gasteiger partial charge in [-0.3, -0.25) is 0 Å². The standard InChI is InChI=1S/C21H29N3O2.HI/c1-3-22-20(23-14-15-26-2)24-17-21(25,19-12-8-5-9-13-19)16-18-10-6-4-7-11-18;/h4-13,25H,3,14-17H2,1-2H3,(H2,22,23,24);1H. The molecule has 27 heavy (non-hydrogen) atoms. The van der Waals surface area contributed by atoms with E-state index in [4.69, 9.17) is 4.74 Å². The van der Waals surface area contributed by atoms with Gasteiger partial charge < -0.3 is 20.5 Å². The fraction of sp³-hybridized carbons (Fsp3) is 0.381. The van der Waals surface area contributed by atoms with Crippen LogP contribution in [0, 0.1) is 0 Å². The van der Waals surface area contributed by atoms with Gasteiger partial charge in [-0.1, -0.05) is 60.7 Å². The van der Waals surface area contributed by atoms with E-state index in [1.807, 2.05) is 67.6 Å². The summed E-state index contributed by atoms with van der Waals surface area (Å²) in [6, 6.07) is 19.7. The number of rotatable bonds is 9. The Morgan fingerprint density at radius 2 is 1.67 bits per heavy atom. The highest BCUT2D eigenvalue weighted by Crippen LogP contribution is 2.26. The third kappa shape index (κ3) is 7.86. The van der Waals surface area contributed by atoms with E-state index in [9.17, 15) is 5.11 Å². The molecule has 0 spiro atoms. The van der Waals surface area contributed by atoms with Gasteiger partial charge in [0.15, 0.2) is 5.96 Å². The molecule has 0 saturated heterocycles. The fourth-order valence-electron chi connectivity index (χ4n) is 2.75. The van der Waals surface area contributed by atoms with Gasteiger partial charge in [0, 0.05) is 26.6 Å². The van der Waals surface area contributed by atoms with Crippen LogP contribution in [0.1, 0.15) is 18.1 Å². The highest BCUT2D eigenvalue weighted by Gasteiger charge is 2.29. The third-order valence-electron chi connectivity index (χ3n) is 4.09. The summed E-state index contributed by atoms with van der Waals surface area (Å²) in [7, 11) is 1.67. The average molecular weight is 483 g/mol. The lowest BCUT2D eigenvalue weighted by atomic mass is 9.87. The van der Waals surface area contributed by atoms with Crippen LogP contribution in [0.25, 0.3) is 0 Å². The van der Waals surface area contributed by atoms with Crippen molar-refractivity contribution in [1.29, 1.82) is 0 Å². The Hall–Kier alpha value is -1.64. The van der Waals surface area contributed by atoms with Gasteiger partial charge in [0.05, 0.1) is 13.2 Å². The van der Waals surface area contributed by atoms with E-state index in [1.165, 1.54) is 0 Å². The zero-order valence-electron chi connectivity index (χ0n) is 16.0. The molecule has 0 bridgehead atoms. The second kappa shape index (κ2) is 12.7. The third-order valence-corrected chi connectivity index (χ3v) is 4.09. The van der Waals surface area contributed by atoms with Gasteiger partial charge in [-0.2, -0.15) is 0 Å². The van der Waals surface area contributed by atoms with Crippen molar-refractivity contribution in [3.05, 3.63) is 71.8 Å². The van der Waals surface area contributed by atoms with E-state index >= 15 is 0 Å². The van der Waals surface area contributed by atoms with Crippen molar-refractivity contribution in [2.45, 2.75) is 18.9 Å². The van der Waals surface area contributed by atoms with Gasteiger partial charge >= 0.3 is 0 Å². The maximum atomic E-state index is 11.4. The highest BCUT2D eigenvalue weighted by atomic mass is 127. The van der Waals surface area contributed by atoms with Crippen LogP contribution >= 0.6 is 24.0 Å². The van der Waals surface area contributed by atoms with E-state index < -0.39 is 5.60 Å². The van der Waals surface area contributed by atoms with Crippen molar-refractivity contribution in [3.63, 3.8) is 0 Å². The average Bonchev–Trinajstić information content (AvgIpc) is 2.68. The molecular formula is C21H30IN3O2. The molecule has 6 heteroatoms. The lowest BCUT2D eigenvalue weighted by Crippen LogP contribution is -2.41. The molecule has 0 aliphatic carbocycles. The Morgan fingerprint density at radius 3 is 2.26 bits per heavy atom. The van der Waals surface area contributed by atoms with Gasteiger partial charge in [0.1, 0.15) is 5.60 Å². The summed E-state index contributed by atoms with van der Waals surface area (Å²) in [5, 5.41) is 17.9. The minimum absolute atomic E-state index is 0. The molecule has 1 unspecified atom stereocenters. The number of hydrogen-bond donors (Lipinski definition) is 3. The van der Waals surface area contributed by atoms with Gasteiger partial charge in [0.2, 0.25) is 0 Å². The van der Waals surface area contributed by atoms with E-state index in [0.717, 1.165) is 17.7 Å². The number of methoxy groups -OCH3 is 1. The van der Waals surface area contributed by atoms with Crippen LogP contribution in [0.3, 0.4) is 0 Å². The van der Waals surface area contributed by atoms with Gasteiger partial charge in [0.25, 0.3) is 0 Å². The van der Waals surface area contributed by atoms with Crippen molar-refractivity contribution in [2.75, 3.05) is 33.4 Å². The number of benzene rings is 2. The van der Waals surface area contributed by atoms with Crippen molar-refractivity contribution in [2.24, 2.45) is 4.99 Å². The SMILES string of the molecule is CCNC(=NCC(O)(Cc1ccccc1)c1ccccc1)NCCOC.I. The maximum Gasteiger partial charge on any atom is 0.191 e. The van der Waals surface area contributed by atoms with Crippen LogP contribution in [-0.4, -0.2) is 44.4 Å². The largest absolute Gasteiger partial charge is 0.383 e. The first kappa shape index (κ1) is 23.4. The molecule has 5 nitrogen and oxygen atoms in total. The second-order valence-corrected chi connectivity index (χ2v) is 6.17. The lowest BCUT2D eigenvalue weighted by molar-refractivity contribution is 0.0467. The zero-order chi connectivity index (χ0) is 18.7. The van der Waals surface area contributed by atoms with E-state index in [2.05, 4.69) is 15.6 Å². The molecular weight excluding hydrogens is 453 g/mol. The first-order chi connectivity index (χ1) is 12.7. The Morgan fingerprint density at radius 1 is 1.04 bits per heavy atom. The Kier molecular flexibility index (Phi) is 11.0. The molecule has 0 fully saturated rings. The monoisotopic (exact) mass is 483 g/mol. The quantitative estimate of drug-likeness (QED) is 0.222. The number of aliphatic imine (C=N–C) groups is 1. The number of halogens is 1. The topological polar surface area (TPSA) is 65.9 Å². The molecule has 0 aliphatic heterocycles. The molecule has 0 heterocycles. The molecule has 2 aromatic rings. The molecule has 1 atom stereocenters. The summed E-state index contributed by atoms with van der Waals surface area (Å²) in [5.41, 5.74) is 0.860. The molecule has 3 N–H and O–H groups in total. The van der Waals surface area contributed by atoms with Crippen molar-refractivity contribution in [3.8, 4) is 0 Å². The predicted octanol–water partition coefficient (Wildman–Crippen LogP) is 2.94. The molecule has 2 aromatic carbocycles. The van der Waals surface area contributed by atoms with Crippen LogP contribution in [0.5, 0.6) is 0 Å². The van der Waals surface area contributed by atoms with Crippen LogP contribution in [0.2, 0.25) is 0 Å². The van der Waals surface area contributed by atoms with E-state index in [-0.39, 0.29) is 30.5 Å². The summed E-state index contributed by atoms with van der Waals surface area (Å²) in [6.45, 7) is 4.28. The zero-order valence-corrected chi connectivity index (χ0v) is 18.4. The summed E-state index contributed by atoms with van der Waals surface area (Å²) < 4.78 is 5.07. The molecule has 2 rings (SSSR count). The Labute approximate surface area is 179 Å². The van der Waals surface area contributed by atoms with Crippen LogP contribution in [-0.2, 0) is 16.8 Å². The molecule has 0 amide bonds. The Bertz CT molecular complexity index is 668. The molecule has 0 aromatic heterocycles. The summed E-state index contributed by atoms with van der Waals surface area (Å²) in [5.74, 6) is 0.673. The number of hydrogen-bond acceptors (Lipinski definition) is 3. The van der Waals surface area contributed by atoms with Gasteiger partial charge in [-0.05, 0) is 18.1 Å². The first-order valence-corrected chi connectivity index (χ1v) is 9.01. The van der Waals surface area contributed by atoms with Crippen LogP contribution in [0.4, 0.5) is 0 Å². The van der Waals surface area contributed by atoms with Crippen LogP contribution in [0.15, 0.2) is 65.7 Å². The maximum absolute atomic E-state index is 11.4. The molecule has 0 saturated carbocycles. The normalized spacial score (nSPS) is 13.4. The predicted molar refractivity (Wildman–Crippen MR) is 122 cm³/mol. The van der Waals surface area contributed by atoms with Crippen LogP contribution < -0.4 is 10.6 Å². The number of nitrogens with one attached hydrogen (secondary N) is 2. The number of nitrogens with zero attached hydrogens (tertiary/aromatic N) is 1. The summed E-state index contributed by atoms with van der Waals surface area (Å²) >= 11 is 0. The van der Waals surface area contributed by atoms with E-state index in [0.29, 0.717) is 25.5 Å². The number of ether oxygens (including phenoxy) is 1. The smallest absolute Gasteiger partial charge is 0.191 e. The molecule has 0 aliphatic rings. The van der Waals surface area contributed by atoms with Gasteiger partial charge in [-0.15, -0.1) is 24.0 Å². The first-order valence-electron chi connectivity index (χ1n) is 9.01. The Balaban J connectivity index is 0.00000364. The van der Waals surface area contributed by atoms with Crippen molar-refractivity contribution < 1.29 is 9.84 Å². The summed E-state index contributed by atoms with van der Waals surface area (Å²) in [4.78, 5) is 4.62. The second-order valence-electron chi connectivity index (χ2n) is 6.17. The minimum atomic E-state index is -1.08. The number of aliphatic hydroxyl groups is 1. The van der Waals surface area contributed by atoms with Crippen molar-refractivity contribution >= 4 is 29.9 Å². The minimum Gasteiger partial charge on any atom is -0.383 e. The molecule has 148 valence electrons. The summed E-state index contributed by atoms with van der Waals surface area (Å²) in [6.07, 6.45) is 0.499. The van der Waals surface area contributed by atoms with E-state index in [1.54, 1.807) is 7.11 Å². The number of guanidine groups is 1. The van der Waals surface area contributed by atoms with Crippen molar-refractivity contribution in [1.82, 2.24) is 10.6 Å². The lowest BCUT2D eigenvalue weighted by Gasteiger charge is -2.28.